The summed E-state index contributed by atoms with van der Waals surface area (Å²) in [5.41, 5.74) is 6.10. The number of nitrogen functional groups attached to an aromatic ring is 1. The molecular weight excluding hydrogens is 309 g/mol. The van der Waals surface area contributed by atoms with Crippen LogP contribution in [0.3, 0.4) is 0 Å². The average molecular weight is 319 g/mol. The standard InChI is InChI=1S/C14H10F5NS/c1-6-3-2-4-8(14(6)20)21-5-7-9(15)11(17)13(19)12(18)10(7)16/h2-4H,5,20H2,1H3. The van der Waals surface area contributed by atoms with Crippen LogP contribution in [0, 0.1) is 36.0 Å². The van der Waals surface area contributed by atoms with E-state index in [0.29, 0.717) is 10.6 Å². The van der Waals surface area contributed by atoms with E-state index in [0.717, 1.165) is 17.3 Å². The van der Waals surface area contributed by atoms with Gasteiger partial charge in [0.05, 0.1) is 0 Å². The molecule has 2 aromatic carbocycles. The summed E-state index contributed by atoms with van der Waals surface area (Å²) in [6.07, 6.45) is 0. The summed E-state index contributed by atoms with van der Waals surface area (Å²) in [4.78, 5) is 0.513. The molecule has 0 saturated carbocycles. The Kier molecular flexibility index (Phi) is 4.41. The third kappa shape index (κ3) is 2.83. The Labute approximate surface area is 122 Å². The maximum Gasteiger partial charge on any atom is 0.200 e. The van der Waals surface area contributed by atoms with Gasteiger partial charge in [-0.25, -0.2) is 22.0 Å². The van der Waals surface area contributed by atoms with Crippen LogP contribution in [-0.2, 0) is 5.75 Å². The van der Waals surface area contributed by atoms with Crippen molar-refractivity contribution in [1.29, 1.82) is 0 Å². The van der Waals surface area contributed by atoms with Crippen molar-refractivity contribution in [2.45, 2.75) is 17.6 Å². The summed E-state index contributed by atoms with van der Waals surface area (Å²) >= 11 is 0.905. The topological polar surface area (TPSA) is 26.0 Å². The minimum absolute atomic E-state index is 0.409. The lowest BCUT2D eigenvalue weighted by atomic mass is 10.2. The van der Waals surface area contributed by atoms with E-state index < -0.39 is 40.4 Å². The van der Waals surface area contributed by atoms with Crippen LogP contribution in [0.2, 0.25) is 0 Å². The molecule has 0 heterocycles. The van der Waals surface area contributed by atoms with E-state index >= 15 is 0 Å². The van der Waals surface area contributed by atoms with Gasteiger partial charge in [0.1, 0.15) is 0 Å². The first kappa shape index (κ1) is 15.6. The number of halogens is 5. The van der Waals surface area contributed by atoms with E-state index in [2.05, 4.69) is 0 Å². The van der Waals surface area contributed by atoms with Gasteiger partial charge in [0.15, 0.2) is 23.3 Å². The van der Waals surface area contributed by atoms with Crippen molar-refractivity contribution in [2.24, 2.45) is 0 Å². The van der Waals surface area contributed by atoms with E-state index in [9.17, 15) is 22.0 Å². The van der Waals surface area contributed by atoms with E-state index in [1.54, 1.807) is 25.1 Å². The number of rotatable bonds is 3. The Morgan fingerprint density at radius 2 is 1.43 bits per heavy atom. The average Bonchev–Trinajstić information content (AvgIpc) is 2.47. The Morgan fingerprint density at radius 3 is 2.00 bits per heavy atom. The van der Waals surface area contributed by atoms with Crippen LogP contribution in [-0.4, -0.2) is 0 Å². The molecule has 0 aliphatic carbocycles. The fourth-order valence-electron chi connectivity index (χ4n) is 1.71. The summed E-state index contributed by atoms with van der Waals surface area (Å²) in [5.74, 6) is -10.1. The number of para-hydroxylation sites is 1. The van der Waals surface area contributed by atoms with Crippen LogP contribution < -0.4 is 5.73 Å². The Balaban J connectivity index is 2.35. The summed E-state index contributed by atoms with van der Waals surface area (Å²) in [6.45, 7) is 1.75. The molecular formula is C14H10F5NS. The van der Waals surface area contributed by atoms with Crippen molar-refractivity contribution < 1.29 is 22.0 Å². The molecule has 0 aliphatic heterocycles. The lowest BCUT2D eigenvalue weighted by Crippen LogP contribution is -2.06. The number of hydrogen-bond acceptors (Lipinski definition) is 2. The first-order valence-corrected chi connectivity index (χ1v) is 6.81. The highest BCUT2D eigenvalue weighted by Crippen LogP contribution is 2.33. The lowest BCUT2D eigenvalue weighted by molar-refractivity contribution is 0.372. The number of hydrogen-bond donors (Lipinski definition) is 1. The second kappa shape index (κ2) is 5.93. The lowest BCUT2D eigenvalue weighted by Gasteiger charge is -2.10. The van der Waals surface area contributed by atoms with Crippen LogP contribution in [0.5, 0.6) is 0 Å². The predicted molar refractivity (Wildman–Crippen MR) is 71.4 cm³/mol. The van der Waals surface area contributed by atoms with Crippen molar-refractivity contribution in [3.63, 3.8) is 0 Å². The molecule has 2 N–H and O–H groups in total. The van der Waals surface area contributed by atoms with Gasteiger partial charge in [-0.3, -0.25) is 0 Å². The summed E-state index contributed by atoms with van der Waals surface area (Å²) in [7, 11) is 0. The van der Waals surface area contributed by atoms with Crippen LogP contribution in [0.15, 0.2) is 23.1 Å². The van der Waals surface area contributed by atoms with Crippen molar-refractivity contribution in [3.8, 4) is 0 Å². The fourth-order valence-corrected chi connectivity index (χ4v) is 2.75. The quantitative estimate of drug-likeness (QED) is 0.295. The minimum atomic E-state index is -2.16. The van der Waals surface area contributed by atoms with Crippen LogP contribution in [0.4, 0.5) is 27.6 Å². The maximum atomic E-state index is 13.5. The van der Waals surface area contributed by atoms with Crippen LogP contribution in [0.1, 0.15) is 11.1 Å². The molecule has 0 spiro atoms. The molecule has 7 heteroatoms. The van der Waals surface area contributed by atoms with Crippen LogP contribution in [0.25, 0.3) is 0 Å². The monoisotopic (exact) mass is 319 g/mol. The summed E-state index contributed by atoms with van der Waals surface area (Å²) < 4.78 is 66.1. The van der Waals surface area contributed by atoms with Gasteiger partial charge in [-0.15, -0.1) is 11.8 Å². The maximum absolute atomic E-state index is 13.5. The zero-order valence-electron chi connectivity index (χ0n) is 10.8. The zero-order valence-corrected chi connectivity index (χ0v) is 11.6. The molecule has 0 amide bonds. The van der Waals surface area contributed by atoms with Crippen LogP contribution >= 0.6 is 11.8 Å². The van der Waals surface area contributed by atoms with Gasteiger partial charge in [-0.05, 0) is 18.6 Å². The molecule has 0 fully saturated rings. The molecule has 0 aromatic heterocycles. The van der Waals surface area contributed by atoms with Gasteiger partial charge in [0, 0.05) is 21.9 Å². The van der Waals surface area contributed by atoms with Gasteiger partial charge in [0.2, 0.25) is 5.82 Å². The molecule has 0 unspecified atom stereocenters. The Bertz CT molecular complexity index is 673. The van der Waals surface area contributed by atoms with E-state index in [4.69, 9.17) is 5.73 Å². The highest BCUT2D eigenvalue weighted by Gasteiger charge is 2.25. The predicted octanol–water partition coefficient (Wildman–Crippen LogP) is 4.57. The number of thioether (sulfide) groups is 1. The summed E-state index contributed by atoms with van der Waals surface area (Å²) in [6, 6.07) is 5.05. The molecule has 0 bridgehead atoms. The zero-order chi connectivity index (χ0) is 15.7. The highest BCUT2D eigenvalue weighted by molar-refractivity contribution is 7.98. The number of nitrogens with two attached hydrogens (primary N) is 1. The van der Waals surface area contributed by atoms with Crippen molar-refractivity contribution in [1.82, 2.24) is 0 Å². The largest absolute Gasteiger partial charge is 0.398 e. The second-order valence-corrected chi connectivity index (χ2v) is 5.34. The van der Waals surface area contributed by atoms with Crippen molar-refractivity contribution >= 4 is 17.4 Å². The van der Waals surface area contributed by atoms with Gasteiger partial charge < -0.3 is 5.73 Å². The van der Waals surface area contributed by atoms with Gasteiger partial charge >= 0.3 is 0 Å². The van der Waals surface area contributed by atoms with Crippen molar-refractivity contribution in [3.05, 3.63) is 58.4 Å². The van der Waals surface area contributed by atoms with E-state index in [1.165, 1.54) is 0 Å². The molecule has 1 nitrogen and oxygen atoms in total. The van der Waals surface area contributed by atoms with Gasteiger partial charge in [-0.1, -0.05) is 12.1 Å². The Hall–Kier alpha value is -1.76. The first-order chi connectivity index (χ1) is 9.84. The molecule has 2 rings (SSSR count). The second-order valence-electron chi connectivity index (χ2n) is 4.32. The number of aryl methyl sites for hydroxylation is 1. The molecule has 0 atom stereocenters. The first-order valence-electron chi connectivity index (χ1n) is 5.82. The Morgan fingerprint density at radius 1 is 0.905 bits per heavy atom. The molecule has 0 saturated heterocycles. The normalized spacial score (nSPS) is 11.0. The molecule has 0 aliphatic rings. The summed E-state index contributed by atoms with van der Waals surface area (Å²) in [5, 5.41) is 0. The fraction of sp³-hybridized carbons (Fsp3) is 0.143. The number of anilines is 1. The van der Waals surface area contributed by atoms with E-state index in [-0.39, 0.29) is 0 Å². The van der Waals surface area contributed by atoms with Crippen molar-refractivity contribution in [2.75, 3.05) is 5.73 Å². The molecule has 21 heavy (non-hydrogen) atoms. The highest BCUT2D eigenvalue weighted by atomic mass is 32.2. The molecule has 0 radical (unpaired) electrons. The number of benzene rings is 2. The third-order valence-electron chi connectivity index (χ3n) is 2.96. The minimum Gasteiger partial charge on any atom is -0.398 e. The van der Waals surface area contributed by atoms with Gasteiger partial charge in [0.25, 0.3) is 0 Å². The smallest absolute Gasteiger partial charge is 0.200 e. The van der Waals surface area contributed by atoms with E-state index in [1.807, 2.05) is 0 Å². The SMILES string of the molecule is Cc1cccc(SCc2c(F)c(F)c(F)c(F)c2F)c1N. The third-order valence-corrected chi connectivity index (χ3v) is 4.06. The molecule has 2 aromatic rings. The van der Waals surface area contributed by atoms with Gasteiger partial charge in [-0.2, -0.15) is 0 Å². The molecule has 112 valence electrons.